The van der Waals surface area contributed by atoms with Gasteiger partial charge in [-0.05, 0) is 25.5 Å². The first kappa shape index (κ1) is 16.8. The van der Waals surface area contributed by atoms with Gasteiger partial charge in [-0.25, -0.2) is 0 Å². The molecule has 1 aromatic rings. The number of rotatable bonds is 7. The quantitative estimate of drug-likeness (QED) is 0.741. The van der Waals surface area contributed by atoms with Gasteiger partial charge in [0.1, 0.15) is 0 Å². The van der Waals surface area contributed by atoms with E-state index < -0.39 is 0 Å². The highest BCUT2D eigenvalue weighted by Gasteiger charge is 2.22. The normalized spacial score (nSPS) is 10.0. The van der Waals surface area contributed by atoms with Gasteiger partial charge in [0.15, 0.2) is 5.75 Å². The molecule has 0 bridgehead atoms. The summed E-state index contributed by atoms with van der Waals surface area (Å²) >= 11 is 0. The summed E-state index contributed by atoms with van der Waals surface area (Å²) in [7, 11) is 1.54. The van der Waals surface area contributed by atoms with Gasteiger partial charge >= 0.3 is 0 Å². The van der Waals surface area contributed by atoms with Crippen molar-refractivity contribution in [2.45, 2.75) is 20.3 Å². The summed E-state index contributed by atoms with van der Waals surface area (Å²) in [6.07, 6.45) is 0.759. The maximum Gasteiger partial charge on any atom is 0.258 e. The lowest BCUT2D eigenvalue weighted by Crippen LogP contribution is -2.40. The molecule has 21 heavy (non-hydrogen) atoms. The molecule has 0 unspecified atom stereocenters. The van der Waals surface area contributed by atoms with Crippen LogP contribution in [-0.2, 0) is 4.79 Å². The second kappa shape index (κ2) is 8.14. The number of ether oxygens (including phenoxy) is 1. The van der Waals surface area contributed by atoms with Crippen LogP contribution in [0.1, 0.15) is 30.6 Å². The van der Waals surface area contributed by atoms with Crippen molar-refractivity contribution < 1.29 is 14.3 Å². The van der Waals surface area contributed by atoms with E-state index in [4.69, 9.17) is 10.5 Å². The lowest BCUT2D eigenvalue weighted by atomic mass is 10.1. The summed E-state index contributed by atoms with van der Waals surface area (Å²) in [6.45, 7) is 4.70. The minimum Gasteiger partial charge on any atom is -0.491 e. The smallest absolute Gasteiger partial charge is 0.258 e. The van der Waals surface area contributed by atoms with E-state index in [1.807, 2.05) is 13.8 Å². The van der Waals surface area contributed by atoms with Crippen LogP contribution in [0.25, 0.3) is 0 Å². The molecular weight excluding hydrogens is 270 g/mol. The number of amides is 2. The van der Waals surface area contributed by atoms with Crippen molar-refractivity contribution in [1.82, 2.24) is 10.2 Å². The topological polar surface area (TPSA) is 84.7 Å². The molecule has 116 valence electrons. The number of hydrogen-bond donors (Lipinski definition) is 2. The minimum absolute atomic E-state index is 0.0174. The average molecular weight is 293 g/mol. The van der Waals surface area contributed by atoms with Crippen LogP contribution in [0.2, 0.25) is 0 Å². The van der Waals surface area contributed by atoms with E-state index in [9.17, 15) is 9.59 Å². The molecule has 0 heterocycles. The van der Waals surface area contributed by atoms with E-state index in [-0.39, 0.29) is 18.4 Å². The van der Waals surface area contributed by atoms with Gasteiger partial charge in [0.25, 0.3) is 5.91 Å². The Morgan fingerprint density at radius 1 is 1.33 bits per heavy atom. The lowest BCUT2D eigenvalue weighted by Gasteiger charge is -2.23. The molecule has 0 fully saturated rings. The number of carbonyl (C=O) groups excluding carboxylic acids is 2. The number of anilines is 1. The SMILES string of the molecule is CCCN(CC(=O)NC)C(=O)c1cccc(N)c1OCC. The molecule has 3 N–H and O–H groups in total. The summed E-state index contributed by atoms with van der Waals surface area (Å²) in [5, 5.41) is 2.52. The Morgan fingerprint density at radius 2 is 2.05 bits per heavy atom. The molecule has 6 heteroatoms. The lowest BCUT2D eigenvalue weighted by molar-refractivity contribution is -0.121. The van der Waals surface area contributed by atoms with Gasteiger partial charge in [0.2, 0.25) is 5.91 Å². The van der Waals surface area contributed by atoms with Gasteiger partial charge in [0.05, 0.1) is 24.4 Å². The van der Waals surface area contributed by atoms with Crippen LogP contribution >= 0.6 is 0 Å². The van der Waals surface area contributed by atoms with Gasteiger partial charge in [-0.1, -0.05) is 13.0 Å². The zero-order chi connectivity index (χ0) is 15.8. The molecule has 0 radical (unpaired) electrons. The Bertz CT molecular complexity index is 503. The third kappa shape index (κ3) is 4.37. The molecule has 6 nitrogen and oxygen atoms in total. The van der Waals surface area contributed by atoms with Crippen molar-refractivity contribution in [3.63, 3.8) is 0 Å². The number of nitrogens with zero attached hydrogens (tertiary/aromatic N) is 1. The molecule has 1 aromatic carbocycles. The van der Waals surface area contributed by atoms with E-state index in [1.165, 1.54) is 4.90 Å². The van der Waals surface area contributed by atoms with Crippen LogP contribution in [-0.4, -0.2) is 43.5 Å². The Balaban J connectivity index is 3.08. The second-order valence-electron chi connectivity index (χ2n) is 4.56. The van der Waals surface area contributed by atoms with Gasteiger partial charge in [-0.3, -0.25) is 9.59 Å². The number of likely N-dealkylation sites (N-methyl/N-ethyl adjacent to an activating group) is 1. The molecule has 0 atom stereocenters. The molecule has 0 saturated heterocycles. The number of para-hydroxylation sites is 1. The number of carbonyl (C=O) groups is 2. The molecular formula is C15H23N3O3. The van der Waals surface area contributed by atoms with Gasteiger partial charge in [0, 0.05) is 13.6 Å². The highest BCUT2D eigenvalue weighted by molar-refractivity contribution is 6.00. The third-order valence-electron chi connectivity index (χ3n) is 2.96. The summed E-state index contributed by atoms with van der Waals surface area (Å²) < 4.78 is 5.48. The first-order chi connectivity index (χ1) is 10.0. The average Bonchev–Trinajstić information content (AvgIpc) is 2.48. The fraction of sp³-hybridized carbons (Fsp3) is 0.467. The Morgan fingerprint density at radius 3 is 2.62 bits per heavy atom. The van der Waals surface area contributed by atoms with Crippen LogP contribution in [0.4, 0.5) is 5.69 Å². The van der Waals surface area contributed by atoms with Crippen molar-refractivity contribution in [3.05, 3.63) is 23.8 Å². The van der Waals surface area contributed by atoms with Crippen molar-refractivity contribution >= 4 is 17.5 Å². The number of nitrogens with one attached hydrogen (secondary N) is 1. The maximum atomic E-state index is 12.6. The number of hydrogen-bond acceptors (Lipinski definition) is 4. The standard InChI is InChI=1S/C15H23N3O3/c1-4-9-18(10-13(19)17-3)15(20)11-7-6-8-12(16)14(11)21-5-2/h6-8H,4-5,9-10,16H2,1-3H3,(H,17,19). The van der Waals surface area contributed by atoms with Crippen molar-refractivity contribution in [2.75, 3.05) is 32.5 Å². The van der Waals surface area contributed by atoms with Crippen molar-refractivity contribution in [2.24, 2.45) is 0 Å². The Hall–Kier alpha value is -2.24. The van der Waals surface area contributed by atoms with Crippen molar-refractivity contribution in [3.8, 4) is 5.75 Å². The van der Waals surface area contributed by atoms with Gasteiger partial charge < -0.3 is 20.7 Å². The van der Waals surface area contributed by atoms with Crippen LogP contribution in [0.5, 0.6) is 5.75 Å². The molecule has 0 aliphatic carbocycles. The highest BCUT2D eigenvalue weighted by Crippen LogP contribution is 2.27. The van der Waals surface area contributed by atoms with Gasteiger partial charge in [-0.15, -0.1) is 0 Å². The number of benzene rings is 1. The van der Waals surface area contributed by atoms with Crippen LogP contribution in [0, 0.1) is 0 Å². The third-order valence-corrected chi connectivity index (χ3v) is 2.96. The largest absolute Gasteiger partial charge is 0.491 e. The Labute approximate surface area is 125 Å². The molecule has 0 aromatic heterocycles. The zero-order valence-electron chi connectivity index (χ0n) is 12.8. The predicted molar refractivity (Wildman–Crippen MR) is 82.3 cm³/mol. The summed E-state index contributed by atoms with van der Waals surface area (Å²) in [4.78, 5) is 25.7. The fourth-order valence-electron chi connectivity index (χ4n) is 1.97. The van der Waals surface area contributed by atoms with E-state index >= 15 is 0 Å². The molecule has 1 rings (SSSR count). The minimum atomic E-state index is -0.254. The predicted octanol–water partition coefficient (Wildman–Crippen LogP) is 1.27. The summed E-state index contributed by atoms with van der Waals surface area (Å²) in [6, 6.07) is 5.05. The van der Waals surface area contributed by atoms with E-state index in [2.05, 4.69) is 5.32 Å². The van der Waals surface area contributed by atoms with Gasteiger partial charge in [-0.2, -0.15) is 0 Å². The molecule has 0 spiro atoms. The van der Waals surface area contributed by atoms with Crippen LogP contribution < -0.4 is 15.8 Å². The highest BCUT2D eigenvalue weighted by atomic mass is 16.5. The fourth-order valence-corrected chi connectivity index (χ4v) is 1.97. The van der Waals surface area contributed by atoms with E-state index in [1.54, 1.807) is 25.2 Å². The summed E-state index contributed by atoms with van der Waals surface area (Å²) in [5.41, 5.74) is 6.67. The van der Waals surface area contributed by atoms with E-state index in [0.29, 0.717) is 30.2 Å². The molecule has 0 saturated carbocycles. The first-order valence-corrected chi connectivity index (χ1v) is 7.06. The van der Waals surface area contributed by atoms with Crippen LogP contribution in [0.3, 0.4) is 0 Å². The number of nitrogen functional groups attached to an aromatic ring is 1. The maximum absolute atomic E-state index is 12.6. The summed E-state index contributed by atoms with van der Waals surface area (Å²) in [5.74, 6) is -0.0853. The molecule has 0 aliphatic rings. The zero-order valence-corrected chi connectivity index (χ0v) is 12.8. The second-order valence-corrected chi connectivity index (χ2v) is 4.56. The first-order valence-electron chi connectivity index (χ1n) is 7.06. The molecule has 2 amide bonds. The van der Waals surface area contributed by atoms with Crippen LogP contribution in [0.15, 0.2) is 18.2 Å². The van der Waals surface area contributed by atoms with E-state index in [0.717, 1.165) is 6.42 Å². The Kier molecular flexibility index (Phi) is 6.52. The number of nitrogens with two attached hydrogens (primary N) is 1. The van der Waals surface area contributed by atoms with Crippen molar-refractivity contribution in [1.29, 1.82) is 0 Å². The monoisotopic (exact) mass is 293 g/mol. The molecule has 0 aliphatic heterocycles.